The van der Waals surface area contributed by atoms with Gasteiger partial charge >= 0.3 is 0 Å². The molecule has 4 atom stereocenters. The van der Waals surface area contributed by atoms with E-state index in [4.69, 9.17) is 0 Å². The van der Waals surface area contributed by atoms with E-state index in [0.717, 1.165) is 11.8 Å². The zero-order chi connectivity index (χ0) is 14.7. The third kappa shape index (κ3) is 1.83. The molecule has 0 radical (unpaired) electrons. The quantitative estimate of drug-likeness (QED) is 0.748. The summed E-state index contributed by atoms with van der Waals surface area (Å²) in [5.41, 5.74) is 4.49. The third-order valence-corrected chi connectivity index (χ3v) is 6.68. The monoisotopic (exact) mass is 294 g/mol. The van der Waals surface area contributed by atoms with Crippen LogP contribution in [0.4, 0.5) is 0 Å². The highest BCUT2D eigenvalue weighted by Gasteiger charge is 2.43. The summed E-state index contributed by atoms with van der Waals surface area (Å²) in [6.45, 7) is 3.78. The van der Waals surface area contributed by atoms with Gasteiger partial charge in [0.05, 0.1) is 6.04 Å². The second-order valence-corrected chi connectivity index (χ2v) is 7.87. The largest absolute Gasteiger partial charge is 0.357 e. The SMILES string of the molecule is C[C@@H]1Cc2c([nH]c3ccccc23)[C@H]2C[C@@H]3CCCC[C@@H]3CN12. The number of nitrogens with zero attached hydrogens (tertiary/aromatic N) is 1. The third-order valence-electron chi connectivity index (χ3n) is 6.68. The normalized spacial score (nSPS) is 35.0. The number of benzene rings is 1. The zero-order valence-corrected chi connectivity index (χ0v) is 13.5. The van der Waals surface area contributed by atoms with Gasteiger partial charge in [0.1, 0.15) is 0 Å². The number of nitrogens with one attached hydrogen (secondary N) is 1. The van der Waals surface area contributed by atoms with Gasteiger partial charge in [-0.3, -0.25) is 4.90 Å². The molecule has 2 heteroatoms. The maximum atomic E-state index is 3.79. The Labute approximate surface area is 132 Å². The molecule has 3 heterocycles. The second-order valence-electron chi connectivity index (χ2n) is 7.87. The van der Waals surface area contributed by atoms with Crippen molar-refractivity contribution in [2.24, 2.45) is 11.8 Å². The van der Waals surface area contributed by atoms with Gasteiger partial charge in [-0.25, -0.2) is 0 Å². The molecule has 1 aromatic heterocycles. The van der Waals surface area contributed by atoms with Crippen molar-refractivity contribution in [1.82, 2.24) is 9.88 Å². The Morgan fingerprint density at radius 3 is 2.82 bits per heavy atom. The molecule has 0 amide bonds. The molecule has 0 spiro atoms. The van der Waals surface area contributed by atoms with E-state index in [2.05, 4.69) is 41.1 Å². The summed E-state index contributed by atoms with van der Waals surface area (Å²) in [5, 5.41) is 1.47. The Morgan fingerprint density at radius 2 is 1.91 bits per heavy atom. The van der Waals surface area contributed by atoms with Crippen molar-refractivity contribution in [1.29, 1.82) is 0 Å². The zero-order valence-electron chi connectivity index (χ0n) is 13.5. The van der Waals surface area contributed by atoms with E-state index in [-0.39, 0.29) is 0 Å². The number of piperidine rings is 1. The molecular formula is C20H26N2. The van der Waals surface area contributed by atoms with Gasteiger partial charge in [0, 0.05) is 29.2 Å². The predicted octanol–water partition coefficient (Wildman–Crippen LogP) is 4.67. The minimum atomic E-state index is 0.644. The fourth-order valence-electron chi connectivity index (χ4n) is 5.56. The standard InChI is InChI=1S/C20H26N2/c1-13-10-17-16-8-4-5-9-18(16)21-20(17)19-11-14-6-2-3-7-15(14)12-22(13)19/h4-5,8-9,13-15,19,21H,2-3,6-7,10-12H2,1H3/t13-,14+,15-,19-/m1/s1. The molecule has 1 aliphatic carbocycles. The lowest BCUT2D eigenvalue weighted by atomic mass is 9.70. The fraction of sp³-hybridized carbons (Fsp3) is 0.600. The number of para-hydroxylation sites is 1. The topological polar surface area (TPSA) is 19.0 Å². The molecule has 2 aliphatic heterocycles. The van der Waals surface area contributed by atoms with Crippen molar-refractivity contribution >= 4 is 10.9 Å². The molecule has 22 heavy (non-hydrogen) atoms. The van der Waals surface area contributed by atoms with Crippen LogP contribution in [0.3, 0.4) is 0 Å². The van der Waals surface area contributed by atoms with Crippen LogP contribution >= 0.6 is 0 Å². The maximum absolute atomic E-state index is 3.79. The molecule has 5 rings (SSSR count). The number of aromatic nitrogens is 1. The Hall–Kier alpha value is -1.28. The smallest absolute Gasteiger partial charge is 0.0507 e. The first kappa shape index (κ1) is 13.2. The molecule has 116 valence electrons. The van der Waals surface area contributed by atoms with Crippen molar-refractivity contribution in [2.75, 3.05) is 6.54 Å². The van der Waals surface area contributed by atoms with E-state index in [9.17, 15) is 0 Å². The summed E-state index contributed by atoms with van der Waals surface area (Å²) in [7, 11) is 0. The first-order valence-electron chi connectivity index (χ1n) is 9.16. The molecular weight excluding hydrogens is 268 g/mol. The summed E-state index contributed by atoms with van der Waals surface area (Å²) in [6, 6.07) is 10.2. The molecule has 0 bridgehead atoms. The van der Waals surface area contributed by atoms with Gasteiger partial charge in [0.2, 0.25) is 0 Å². The van der Waals surface area contributed by atoms with Crippen molar-refractivity contribution in [3.8, 4) is 0 Å². The number of aromatic amines is 1. The molecule has 0 unspecified atom stereocenters. The summed E-state index contributed by atoms with van der Waals surface area (Å²) in [6.07, 6.45) is 8.47. The summed E-state index contributed by atoms with van der Waals surface area (Å²) in [4.78, 5) is 6.61. The van der Waals surface area contributed by atoms with Crippen molar-refractivity contribution in [3.05, 3.63) is 35.5 Å². The molecule has 1 saturated carbocycles. The first-order chi connectivity index (χ1) is 10.8. The molecule has 1 saturated heterocycles. The first-order valence-corrected chi connectivity index (χ1v) is 9.16. The number of hydrogen-bond acceptors (Lipinski definition) is 1. The maximum Gasteiger partial charge on any atom is 0.0507 e. The number of rotatable bonds is 0. The average molecular weight is 294 g/mol. The molecule has 1 aromatic carbocycles. The van der Waals surface area contributed by atoms with Crippen LogP contribution in [0.1, 0.15) is 56.3 Å². The highest BCUT2D eigenvalue weighted by Crippen LogP contribution is 2.48. The van der Waals surface area contributed by atoms with Crippen LogP contribution in [0, 0.1) is 11.8 Å². The van der Waals surface area contributed by atoms with E-state index in [1.54, 1.807) is 11.3 Å². The number of hydrogen-bond donors (Lipinski definition) is 1. The van der Waals surface area contributed by atoms with Gasteiger partial charge < -0.3 is 4.98 Å². The second kappa shape index (κ2) is 4.86. The van der Waals surface area contributed by atoms with Crippen LogP contribution in [-0.2, 0) is 6.42 Å². The van der Waals surface area contributed by atoms with Crippen molar-refractivity contribution in [3.63, 3.8) is 0 Å². The van der Waals surface area contributed by atoms with Gasteiger partial charge in [0.15, 0.2) is 0 Å². The van der Waals surface area contributed by atoms with E-state index in [1.807, 2.05) is 0 Å². The van der Waals surface area contributed by atoms with Gasteiger partial charge in [0.25, 0.3) is 0 Å². The summed E-state index contributed by atoms with van der Waals surface area (Å²) < 4.78 is 0. The summed E-state index contributed by atoms with van der Waals surface area (Å²) >= 11 is 0. The van der Waals surface area contributed by atoms with Gasteiger partial charge in [-0.05, 0) is 49.7 Å². The minimum absolute atomic E-state index is 0.644. The Balaban J connectivity index is 1.59. The fourth-order valence-corrected chi connectivity index (χ4v) is 5.56. The number of fused-ring (bicyclic) bond motifs is 6. The lowest BCUT2D eigenvalue weighted by Crippen LogP contribution is -2.50. The van der Waals surface area contributed by atoms with E-state index in [1.165, 1.54) is 56.0 Å². The average Bonchev–Trinajstić information content (AvgIpc) is 2.93. The van der Waals surface area contributed by atoms with Gasteiger partial charge in [-0.15, -0.1) is 0 Å². The van der Waals surface area contributed by atoms with Gasteiger partial charge in [-0.2, -0.15) is 0 Å². The molecule has 2 aromatic rings. The highest BCUT2D eigenvalue weighted by atomic mass is 15.2. The number of H-pyrrole nitrogens is 1. The predicted molar refractivity (Wildman–Crippen MR) is 91.0 cm³/mol. The van der Waals surface area contributed by atoms with Crippen LogP contribution in [0.15, 0.2) is 24.3 Å². The Morgan fingerprint density at radius 1 is 1.09 bits per heavy atom. The Bertz CT molecular complexity index is 701. The highest BCUT2D eigenvalue weighted by molar-refractivity contribution is 5.85. The van der Waals surface area contributed by atoms with E-state index in [0.29, 0.717) is 12.1 Å². The summed E-state index contributed by atoms with van der Waals surface area (Å²) in [5.74, 6) is 1.94. The van der Waals surface area contributed by atoms with Gasteiger partial charge in [-0.1, -0.05) is 37.5 Å². The van der Waals surface area contributed by atoms with Crippen LogP contribution in [-0.4, -0.2) is 22.5 Å². The van der Waals surface area contributed by atoms with E-state index >= 15 is 0 Å². The molecule has 2 fully saturated rings. The van der Waals surface area contributed by atoms with Crippen LogP contribution in [0.25, 0.3) is 10.9 Å². The minimum Gasteiger partial charge on any atom is -0.357 e. The van der Waals surface area contributed by atoms with Crippen LogP contribution < -0.4 is 0 Å². The van der Waals surface area contributed by atoms with Crippen molar-refractivity contribution in [2.45, 2.75) is 57.5 Å². The lowest BCUT2D eigenvalue weighted by molar-refractivity contribution is 0.00372. The Kier molecular flexibility index (Phi) is 2.91. The van der Waals surface area contributed by atoms with Crippen LogP contribution in [0.2, 0.25) is 0 Å². The molecule has 2 nitrogen and oxygen atoms in total. The molecule has 3 aliphatic rings. The lowest BCUT2D eigenvalue weighted by Gasteiger charge is -2.50. The van der Waals surface area contributed by atoms with E-state index < -0.39 is 0 Å². The van der Waals surface area contributed by atoms with Crippen molar-refractivity contribution < 1.29 is 0 Å². The van der Waals surface area contributed by atoms with Crippen LogP contribution in [0.5, 0.6) is 0 Å². The molecule has 1 N–H and O–H groups in total.